The molecular weight excluding hydrogens is 1830 g/mol. The SMILES string of the molecule is C1=C(c2ccccc2)CC(c2ccccc2)=N1.C1=CCC(C2=Nc3ccccc3C2)=C1.C1=CN=C(c2ccccc2)C1.c1ccc(-c2nc3ccccc3n2-c2ccccc2)cc1.c1ccc(C2=NN=C(c3ccc(C4=NN=C(c5ccccc5)C4)cc3)C2)cc1.c1ccc(C2=Nc3ccccc3C2)cc1.c1ccc2c(c1)CC(c1ccc3ccccc3c1)=N2.c1ccc2c(c1)CC(c1cccc3ccccc13)=N2.c1ncncn1. The summed E-state index contributed by atoms with van der Waals surface area (Å²) in [6.45, 7) is 0. The molecule has 0 saturated heterocycles. The Bertz CT molecular complexity index is 8440. The van der Waals surface area contributed by atoms with Crippen molar-refractivity contribution in [2.45, 2.75) is 57.8 Å². The van der Waals surface area contributed by atoms with E-state index in [1.807, 2.05) is 140 Å². The molecule has 0 spiro atoms. The van der Waals surface area contributed by atoms with E-state index in [0.717, 1.165) is 159 Å². The molecule has 0 atom stereocenters. The van der Waals surface area contributed by atoms with Crippen LogP contribution in [0.4, 0.5) is 22.7 Å². The van der Waals surface area contributed by atoms with Crippen LogP contribution in [0.3, 0.4) is 0 Å². The number of benzene rings is 18. The number of hydrogen-bond acceptors (Lipinski definition) is 14. The van der Waals surface area contributed by atoms with Gasteiger partial charge in [-0.05, 0) is 166 Å². The van der Waals surface area contributed by atoms with Gasteiger partial charge in [0.1, 0.15) is 24.8 Å². The molecule has 10 heterocycles. The fourth-order valence-corrected chi connectivity index (χ4v) is 18.9. The lowest BCUT2D eigenvalue weighted by atomic mass is 9.97. The fraction of sp³-hybridized carbons (Fsp3) is 0.0667. The van der Waals surface area contributed by atoms with Crippen molar-refractivity contribution < 1.29 is 0 Å². The zero-order chi connectivity index (χ0) is 101. The summed E-state index contributed by atoms with van der Waals surface area (Å²) in [5.41, 5.74) is 39.9. The summed E-state index contributed by atoms with van der Waals surface area (Å²) in [6, 6.07) is 163. The van der Waals surface area contributed by atoms with Crippen LogP contribution in [0.15, 0.2) is 585 Å². The van der Waals surface area contributed by atoms with Crippen LogP contribution in [-0.4, -0.2) is 81.6 Å². The summed E-state index contributed by atoms with van der Waals surface area (Å²) in [6.07, 6.45) is 25.0. The first-order valence-electron chi connectivity index (χ1n) is 50.6. The molecule has 150 heavy (non-hydrogen) atoms. The van der Waals surface area contributed by atoms with Crippen molar-refractivity contribution >= 4 is 118 Å². The molecule has 0 amide bonds. The molecule has 29 rings (SSSR count). The van der Waals surface area contributed by atoms with Gasteiger partial charge in [0.25, 0.3) is 0 Å². The average molecular weight is 1940 g/mol. The minimum atomic E-state index is 0.756. The third-order valence-electron chi connectivity index (χ3n) is 26.6. The second kappa shape index (κ2) is 48.3. The van der Waals surface area contributed by atoms with Crippen LogP contribution in [0.1, 0.15) is 110 Å². The number of aromatic nitrogens is 5. The highest BCUT2D eigenvalue weighted by molar-refractivity contribution is 6.23. The summed E-state index contributed by atoms with van der Waals surface area (Å²) >= 11 is 0. The van der Waals surface area contributed by atoms with Crippen LogP contribution in [0.5, 0.6) is 0 Å². The van der Waals surface area contributed by atoms with E-state index in [1.54, 1.807) is 0 Å². The Hall–Kier alpha value is -19.4. The number of rotatable bonds is 13. The van der Waals surface area contributed by atoms with Gasteiger partial charge in [0.2, 0.25) is 0 Å². The van der Waals surface area contributed by atoms with Gasteiger partial charge in [-0.25, -0.2) is 19.9 Å². The van der Waals surface area contributed by atoms with Crippen LogP contribution in [-0.2, 0) is 25.7 Å². The van der Waals surface area contributed by atoms with Crippen molar-refractivity contribution in [1.29, 1.82) is 0 Å². The molecule has 9 aliphatic rings. The van der Waals surface area contributed by atoms with Gasteiger partial charge in [-0.15, -0.1) is 0 Å². The van der Waals surface area contributed by atoms with Crippen molar-refractivity contribution in [2.75, 3.05) is 0 Å². The third kappa shape index (κ3) is 24.3. The lowest BCUT2D eigenvalue weighted by molar-refractivity contribution is 1.05. The Kier molecular flexibility index (Phi) is 31.2. The third-order valence-corrected chi connectivity index (χ3v) is 26.6. The zero-order valence-corrected chi connectivity index (χ0v) is 82.8. The van der Waals surface area contributed by atoms with Crippen molar-refractivity contribution in [3.63, 3.8) is 0 Å². The summed E-state index contributed by atoms with van der Waals surface area (Å²) in [5, 5.41) is 22.6. The van der Waals surface area contributed by atoms with E-state index in [0.29, 0.717) is 0 Å². The first-order valence-corrected chi connectivity index (χ1v) is 50.6. The van der Waals surface area contributed by atoms with Gasteiger partial charge in [-0.3, -0.25) is 34.5 Å². The van der Waals surface area contributed by atoms with E-state index in [-0.39, 0.29) is 0 Å². The maximum absolute atomic E-state index is 4.82. The minimum absolute atomic E-state index is 0.756. The molecule has 2 aromatic heterocycles. The highest BCUT2D eigenvalue weighted by atomic mass is 15.2. The van der Waals surface area contributed by atoms with E-state index >= 15 is 0 Å². The van der Waals surface area contributed by atoms with Crippen molar-refractivity contribution in [3.8, 4) is 17.1 Å². The normalized spacial score (nSPS) is 13.9. The molecule has 20 aromatic rings. The standard InChI is InChI=1S/C24H18N4.C19H14N2.2C18H13N.C16H13N.C14H11N.C13H11N.C10H9N.C3H3N3/c1-3-7-17(8-4-1)21-15-23(27-25-21)19-11-13-20(14-12-19)24-16-22(26-28-24)18-9-5-2-6-10-18;1-3-9-15(10-4-1)19-20-17-13-7-8-14-18(17)21(19)16-11-5-2-6-12-16;1-3-9-15-13(6-1)8-5-10-16(15)18-12-14-7-2-4-11-17(14)19-18;1-2-6-14-11-16(10-9-13(14)5-1)18-12-15-7-3-4-8-17(15)19-18;1-3-7-13(8-4-1)15-11-16(17-12-15)14-9-5-2-6-10-14;1-2-6-11(7-3-1)14-10-12-8-4-5-9-13(12)15-14;1-2-6-10(5-1)13-9-11-7-3-4-8-12(11)14-13;1-2-5-9(6-3-1)10-7-4-8-11-10;1-4-2-6-3-5-1/h1-14H,15-16H2;1-14H;2*1-11H,12H2;1-10,12H,11H2;1-9H,10H2;1-5,7-8H,6,9H2;1-6,8H,7H2;1-3H. The lowest BCUT2D eigenvalue weighted by Gasteiger charge is -2.09. The molecule has 0 bridgehead atoms. The van der Waals surface area contributed by atoms with E-state index in [1.165, 1.54) is 136 Å². The molecule has 8 aliphatic heterocycles. The molecule has 0 N–H and O–H groups in total. The topological polar surface area (TPSA) is 180 Å². The van der Waals surface area contributed by atoms with Gasteiger partial charge in [-0.2, -0.15) is 20.4 Å². The van der Waals surface area contributed by atoms with E-state index in [2.05, 4.69) is 430 Å². The van der Waals surface area contributed by atoms with Crippen LogP contribution < -0.4 is 0 Å². The summed E-state index contributed by atoms with van der Waals surface area (Å²) in [4.78, 5) is 43.1. The Morgan fingerprint density at radius 3 is 1.09 bits per heavy atom. The maximum Gasteiger partial charge on any atom is 0.145 e. The highest BCUT2D eigenvalue weighted by Crippen LogP contribution is 2.37. The van der Waals surface area contributed by atoms with Crippen LogP contribution >= 0.6 is 0 Å². The molecular formula is C135H105N15. The predicted molar refractivity (Wildman–Crippen MR) is 622 cm³/mol. The smallest absolute Gasteiger partial charge is 0.145 e. The van der Waals surface area contributed by atoms with Gasteiger partial charge in [-0.1, -0.05) is 443 Å². The van der Waals surface area contributed by atoms with Gasteiger partial charge in [0.05, 0.1) is 85.2 Å². The molecule has 1 aliphatic carbocycles. The first kappa shape index (κ1) is 96.7. The molecule has 15 heteroatoms. The number of para-hydroxylation sites is 7. The van der Waals surface area contributed by atoms with Gasteiger partial charge >= 0.3 is 0 Å². The number of hydrogen-bond donors (Lipinski definition) is 0. The number of fused-ring (bicyclic) bond motifs is 7. The molecule has 720 valence electrons. The molecule has 0 unspecified atom stereocenters. The van der Waals surface area contributed by atoms with Crippen molar-refractivity contribution in [3.05, 3.63) is 612 Å². The molecule has 18 aromatic carbocycles. The van der Waals surface area contributed by atoms with Gasteiger partial charge in [0.15, 0.2) is 0 Å². The highest BCUT2D eigenvalue weighted by Gasteiger charge is 2.25. The van der Waals surface area contributed by atoms with E-state index in [4.69, 9.17) is 15.0 Å². The first-order chi connectivity index (χ1) is 74.4. The molecule has 0 fully saturated rings. The largest absolute Gasteiger partial charge is 0.292 e. The van der Waals surface area contributed by atoms with Crippen molar-refractivity contribution in [1.82, 2.24) is 24.5 Å². The van der Waals surface area contributed by atoms with E-state index in [9.17, 15) is 0 Å². The predicted octanol–water partition coefficient (Wildman–Crippen LogP) is 31.4. The number of imidazole rings is 1. The molecule has 0 radical (unpaired) electrons. The summed E-state index contributed by atoms with van der Waals surface area (Å²) < 4.78 is 2.21. The van der Waals surface area contributed by atoms with Crippen LogP contribution in [0.2, 0.25) is 0 Å². The Morgan fingerprint density at radius 1 is 0.227 bits per heavy atom. The second-order valence-electron chi connectivity index (χ2n) is 36.5. The van der Waals surface area contributed by atoms with Gasteiger partial charge < -0.3 is 0 Å². The second-order valence-corrected chi connectivity index (χ2v) is 36.5. The number of nitrogens with zero attached hydrogens (tertiary/aromatic N) is 15. The zero-order valence-electron chi connectivity index (χ0n) is 82.8. The lowest BCUT2D eigenvalue weighted by Crippen LogP contribution is -2.07. The minimum Gasteiger partial charge on any atom is -0.292 e. The van der Waals surface area contributed by atoms with Crippen LogP contribution in [0.25, 0.3) is 55.2 Å². The molecule has 0 saturated carbocycles. The Balaban J connectivity index is 0.000000100. The van der Waals surface area contributed by atoms with E-state index < -0.39 is 0 Å². The van der Waals surface area contributed by atoms with Crippen molar-refractivity contribution in [2.24, 2.45) is 50.4 Å². The molecule has 15 nitrogen and oxygen atoms in total. The maximum atomic E-state index is 4.82. The van der Waals surface area contributed by atoms with Crippen LogP contribution in [0, 0.1) is 0 Å². The number of aliphatic imine (C=N–C) groups is 6. The fourth-order valence-electron chi connectivity index (χ4n) is 18.9. The Morgan fingerprint density at radius 2 is 0.607 bits per heavy atom. The Labute approximate surface area is 874 Å². The number of allylic oxidation sites excluding steroid dienone is 6. The van der Waals surface area contributed by atoms with Gasteiger partial charge in [0, 0.05) is 86.3 Å². The summed E-state index contributed by atoms with van der Waals surface area (Å²) in [7, 11) is 0. The quantitative estimate of drug-likeness (QED) is 0.111. The monoisotopic (exact) mass is 1940 g/mol. The average Bonchev–Trinajstić information content (AvgIpc) is 1.62. The summed E-state index contributed by atoms with van der Waals surface area (Å²) in [5.74, 6) is 0.975.